The van der Waals surface area contributed by atoms with Gasteiger partial charge in [-0.15, -0.1) is 0 Å². The lowest BCUT2D eigenvalue weighted by atomic mass is 10.2. The van der Waals surface area contributed by atoms with E-state index >= 15 is 0 Å². The van der Waals surface area contributed by atoms with Crippen LogP contribution in [0.1, 0.15) is 25.0 Å². The fraction of sp³-hybridized carbons (Fsp3) is 0.278. The minimum absolute atomic E-state index is 0.0563. The van der Waals surface area contributed by atoms with Crippen molar-refractivity contribution in [3.8, 4) is 0 Å². The van der Waals surface area contributed by atoms with Crippen molar-refractivity contribution in [1.29, 1.82) is 0 Å². The molecule has 1 N–H and O–H groups in total. The van der Waals surface area contributed by atoms with Gasteiger partial charge in [0.1, 0.15) is 5.82 Å². The van der Waals surface area contributed by atoms with E-state index in [-0.39, 0.29) is 24.4 Å². The van der Waals surface area contributed by atoms with E-state index in [2.05, 4.69) is 5.32 Å². The Hall–Kier alpha value is -2.36. The lowest BCUT2D eigenvalue weighted by Gasteiger charge is -2.27. The molecular weight excluding hydrogens is 279 g/mol. The van der Waals surface area contributed by atoms with E-state index in [9.17, 15) is 9.18 Å². The van der Waals surface area contributed by atoms with Gasteiger partial charge in [0, 0.05) is 24.7 Å². The molecule has 0 bridgehead atoms. The minimum atomic E-state index is -0.304. The third kappa shape index (κ3) is 4.32. The van der Waals surface area contributed by atoms with Crippen molar-refractivity contribution < 1.29 is 9.18 Å². The largest absolute Gasteiger partial charge is 0.334 e. The van der Waals surface area contributed by atoms with Gasteiger partial charge in [-0.2, -0.15) is 0 Å². The number of benzene rings is 2. The first-order valence-corrected chi connectivity index (χ1v) is 7.39. The van der Waals surface area contributed by atoms with Gasteiger partial charge in [0.05, 0.1) is 0 Å². The Morgan fingerprint density at radius 3 is 2.36 bits per heavy atom. The summed E-state index contributed by atoms with van der Waals surface area (Å²) in [7, 11) is 0. The molecule has 116 valence electrons. The highest BCUT2D eigenvalue weighted by molar-refractivity contribution is 5.74. The van der Waals surface area contributed by atoms with Crippen LogP contribution < -0.4 is 5.32 Å². The Morgan fingerprint density at radius 1 is 1.09 bits per heavy atom. The van der Waals surface area contributed by atoms with Gasteiger partial charge in [-0.25, -0.2) is 9.18 Å². The molecule has 0 aliphatic rings. The predicted molar refractivity (Wildman–Crippen MR) is 85.8 cm³/mol. The number of amides is 2. The van der Waals surface area contributed by atoms with Gasteiger partial charge in [-0.3, -0.25) is 0 Å². The van der Waals surface area contributed by atoms with Crippen LogP contribution in [0.3, 0.4) is 0 Å². The molecule has 0 saturated carbocycles. The van der Waals surface area contributed by atoms with Crippen LogP contribution in [0.5, 0.6) is 0 Å². The third-order valence-corrected chi connectivity index (χ3v) is 3.47. The average Bonchev–Trinajstić information content (AvgIpc) is 2.52. The Morgan fingerprint density at radius 2 is 1.73 bits per heavy atom. The van der Waals surface area contributed by atoms with Crippen molar-refractivity contribution in [1.82, 2.24) is 10.2 Å². The summed E-state index contributed by atoms with van der Waals surface area (Å²) in [5.74, 6) is -0.304. The summed E-state index contributed by atoms with van der Waals surface area (Å²) in [6.07, 6.45) is 0. The fourth-order valence-electron chi connectivity index (χ4n) is 2.18. The summed E-state index contributed by atoms with van der Waals surface area (Å²) in [5, 5.41) is 2.79. The van der Waals surface area contributed by atoms with E-state index in [0.29, 0.717) is 12.1 Å². The predicted octanol–water partition coefficient (Wildman–Crippen LogP) is 3.95. The van der Waals surface area contributed by atoms with Crippen LogP contribution in [0.4, 0.5) is 9.18 Å². The van der Waals surface area contributed by atoms with Gasteiger partial charge in [-0.1, -0.05) is 48.5 Å². The molecule has 0 atom stereocenters. The molecule has 0 radical (unpaired) electrons. The van der Waals surface area contributed by atoms with E-state index < -0.39 is 0 Å². The standard InChI is InChI=1S/C18H21FN2O/c1-14(2)21(13-15-8-4-3-5-9-15)18(22)20-12-16-10-6-7-11-17(16)19/h3-11,14H,12-13H2,1-2H3,(H,20,22). The maximum atomic E-state index is 13.6. The van der Waals surface area contributed by atoms with E-state index in [1.54, 1.807) is 23.1 Å². The van der Waals surface area contributed by atoms with Gasteiger partial charge in [0.25, 0.3) is 0 Å². The monoisotopic (exact) mass is 300 g/mol. The number of nitrogens with one attached hydrogen (secondary N) is 1. The van der Waals surface area contributed by atoms with E-state index in [1.807, 2.05) is 44.2 Å². The molecule has 22 heavy (non-hydrogen) atoms. The third-order valence-electron chi connectivity index (χ3n) is 3.47. The number of halogens is 1. The Labute approximate surface area is 130 Å². The van der Waals surface area contributed by atoms with Crippen molar-refractivity contribution in [3.63, 3.8) is 0 Å². The lowest BCUT2D eigenvalue weighted by molar-refractivity contribution is 0.179. The quantitative estimate of drug-likeness (QED) is 0.891. The van der Waals surface area contributed by atoms with Crippen LogP contribution in [0, 0.1) is 5.82 Å². The number of hydrogen-bond donors (Lipinski definition) is 1. The second kappa shape index (κ2) is 7.59. The van der Waals surface area contributed by atoms with E-state index in [4.69, 9.17) is 0 Å². The maximum Gasteiger partial charge on any atom is 0.318 e. The molecule has 0 fully saturated rings. The molecule has 0 unspecified atom stereocenters. The molecule has 2 aromatic rings. The highest BCUT2D eigenvalue weighted by Crippen LogP contribution is 2.10. The molecule has 4 heteroatoms. The van der Waals surface area contributed by atoms with Crippen LogP contribution in [0.15, 0.2) is 54.6 Å². The summed E-state index contributed by atoms with van der Waals surface area (Å²) in [4.78, 5) is 14.1. The van der Waals surface area contributed by atoms with Gasteiger partial charge in [0.2, 0.25) is 0 Å². The van der Waals surface area contributed by atoms with E-state index in [0.717, 1.165) is 5.56 Å². The molecule has 2 amide bonds. The topological polar surface area (TPSA) is 32.3 Å². The molecule has 2 rings (SSSR count). The zero-order chi connectivity index (χ0) is 15.9. The number of carbonyl (C=O) groups is 1. The second-order valence-electron chi connectivity index (χ2n) is 5.46. The number of urea groups is 1. The van der Waals surface area contributed by atoms with Gasteiger partial charge < -0.3 is 10.2 Å². The summed E-state index contributed by atoms with van der Waals surface area (Å²) in [6.45, 7) is 4.64. The number of nitrogens with zero attached hydrogens (tertiary/aromatic N) is 1. The highest BCUT2D eigenvalue weighted by Gasteiger charge is 2.17. The number of carbonyl (C=O) groups excluding carboxylic acids is 1. The molecular formula is C18H21FN2O. The van der Waals surface area contributed by atoms with Gasteiger partial charge >= 0.3 is 6.03 Å². The number of hydrogen-bond acceptors (Lipinski definition) is 1. The highest BCUT2D eigenvalue weighted by atomic mass is 19.1. The molecule has 0 heterocycles. The van der Waals surface area contributed by atoms with Crippen LogP contribution in [0.2, 0.25) is 0 Å². The summed E-state index contributed by atoms with van der Waals surface area (Å²) < 4.78 is 13.6. The van der Waals surface area contributed by atoms with Gasteiger partial charge in [0.15, 0.2) is 0 Å². The smallest absolute Gasteiger partial charge is 0.318 e. The summed E-state index contributed by atoms with van der Waals surface area (Å²) in [6, 6.07) is 16.1. The Bertz CT molecular complexity index is 613. The normalized spacial score (nSPS) is 10.5. The van der Waals surface area contributed by atoms with Crippen LogP contribution in [-0.4, -0.2) is 17.0 Å². The first kappa shape index (κ1) is 16.0. The molecule has 0 spiro atoms. The first-order chi connectivity index (χ1) is 10.6. The van der Waals surface area contributed by atoms with Crippen molar-refractivity contribution in [2.75, 3.05) is 0 Å². The first-order valence-electron chi connectivity index (χ1n) is 7.39. The minimum Gasteiger partial charge on any atom is -0.334 e. The summed E-state index contributed by atoms with van der Waals surface area (Å²) in [5.41, 5.74) is 1.55. The molecule has 0 aliphatic carbocycles. The average molecular weight is 300 g/mol. The van der Waals surface area contributed by atoms with Crippen molar-refractivity contribution >= 4 is 6.03 Å². The molecule has 0 saturated heterocycles. The molecule has 3 nitrogen and oxygen atoms in total. The van der Waals surface area contributed by atoms with Crippen LogP contribution in [0.25, 0.3) is 0 Å². The Balaban J connectivity index is 2.00. The number of rotatable bonds is 5. The van der Waals surface area contributed by atoms with Crippen molar-refractivity contribution in [3.05, 3.63) is 71.5 Å². The zero-order valence-corrected chi connectivity index (χ0v) is 12.9. The van der Waals surface area contributed by atoms with Crippen LogP contribution >= 0.6 is 0 Å². The van der Waals surface area contributed by atoms with E-state index in [1.165, 1.54) is 6.07 Å². The molecule has 0 aromatic heterocycles. The molecule has 0 aliphatic heterocycles. The zero-order valence-electron chi connectivity index (χ0n) is 12.9. The van der Waals surface area contributed by atoms with Crippen molar-refractivity contribution in [2.24, 2.45) is 0 Å². The lowest BCUT2D eigenvalue weighted by Crippen LogP contribution is -2.43. The SMILES string of the molecule is CC(C)N(Cc1ccccc1)C(=O)NCc1ccccc1F. The van der Waals surface area contributed by atoms with Gasteiger partial charge in [-0.05, 0) is 25.5 Å². The molecule has 2 aromatic carbocycles. The fourth-order valence-corrected chi connectivity index (χ4v) is 2.18. The van der Waals surface area contributed by atoms with Crippen LogP contribution in [-0.2, 0) is 13.1 Å². The Kier molecular flexibility index (Phi) is 5.53. The second-order valence-corrected chi connectivity index (χ2v) is 5.46. The maximum absolute atomic E-state index is 13.6. The summed E-state index contributed by atoms with van der Waals surface area (Å²) >= 11 is 0. The van der Waals surface area contributed by atoms with Crippen molar-refractivity contribution in [2.45, 2.75) is 33.0 Å².